The zero-order valence-corrected chi connectivity index (χ0v) is 14.0. The predicted molar refractivity (Wildman–Crippen MR) is 77.1 cm³/mol. The van der Waals surface area contributed by atoms with Gasteiger partial charge in [0.15, 0.2) is 0 Å². The first kappa shape index (κ1) is 22.8. The molecule has 0 aromatic carbocycles. The van der Waals surface area contributed by atoms with E-state index in [1.807, 2.05) is 0 Å². The number of carbonyl (C=O) groups is 3. The highest BCUT2D eigenvalue weighted by Gasteiger charge is 2.32. The van der Waals surface area contributed by atoms with Gasteiger partial charge in [-0.3, -0.25) is 9.59 Å². The number of ether oxygens (including phenoxy) is 5. The lowest BCUT2D eigenvalue weighted by Gasteiger charge is -2.31. The van der Waals surface area contributed by atoms with Crippen LogP contribution in [0.15, 0.2) is 0 Å². The highest BCUT2D eigenvalue weighted by Crippen LogP contribution is 2.22. The van der Waals surface area contributed by atoms with E-state index in [1.54, 1.807) is 28.4 Å². The van der Waals surface area contributed by atoms with Gasteiger partial charge in [0, 0.05) is 55.1 Å². The van der Waals surface area contributed by atoms with Gasteiger partial charge in [-0.2, -0.15) is 0 Å². The molecule has 0 N–H and O–H groups in total. The van der Waals surface area contributed by atoms with Gasteiger partial charge < -0.3 is 28.5 Å². The molecule has 0 amide bonds. The summed E-state index contributed by atoms with van der Waals surface area (Å²) in [4.78, 5) is 32.1. The lowest BCUT2D eigenvalue weighted by Crippen LogP contribution is -2.40. The minimum absolute atomic E-state index is 0.253. The summed E-state index contributed by atoms with van der Waals surface area (Å²) in [5.41, 5.74) is 0. The van der Waals surface area contributed by atoms with Crippen molar-refractivity contribution in [1.82, 2.24) is 0 Å². The van der Waals surface area contributed by atoms with Crippen LogP contribution >= 0.6 is 0 Å². The maximum atomic E-state index is 10.8. The Balaban J connectivity index is 0. The van der Waals surface area contributed by atoms with Crippen LogP contribution in [0.4, 0.5) is 0 Å². The molecule has 3 atom stereocenters. The van der Waals surface area contributed by atoms with Crippen LogP contribution < -0.4 is 0 Å². The fraction of sp³-hybridized carbons (Fsp3) is 0.786. The summed E-state index contributed by atoms with van der Waals surface area (Å²) in [6.07, 6.45) is -0.838. The molecule has 0 aromatic rings. The minimum atomic E-state index is -0.828. The molecule has 1 heterocycles. The molecule has 0 aromatic heterocycles. The third-order valence-corrected chi connectivity index (χ3v) is 2.06. The van der Waals surface area contributed by atoms with Gasteiger partial charge in [-0.05, 0) is 0 Å². The normalized spacial score (nSPS) is 22.9. The van der Waals surface area contributed by atoms with Crippen LogP contribution in [0.2, 0.25) is 0 Å². The number of hydrogen-bond donors (Lipinski definition) is 0. The maximum absolute atomic E-state index is 10.8. The Morgan fingerprint density at radius 1 is 0.955 bits per heavy atom. The third kappa shape index (κ3) is 13.5. The zero-order chi connectivity index (χ0) is 17.5. The summed E-state index contributed by atoms with van der Waals surface area (Å²) in [6.45, 7) is 2.53. The largest absolute Gasteiger partial charge is 0.462 e. The minimum Gasteiger partial charge on any atom is -0.462 e. The summed E-state index contributed by atoms with van der Waals surface area (Å²) in [5, 5.41) is 0. The molecule has 1 rings (SSSR count). The SMILES string of the molecule is CC(=O)OC1CC(C=O)OC(OC(C)=O)C1.COC.COC. The standard InChI is InChI=1S/C10H14O6.2C2H6O/c1-6(12)14-8-3-9(5-11)16-10(4-8)15-7(2)13;2*1-3-2/h5,8-10H,3-4H2,1-2H3;2*1-2H3. The maximum Gasteiger partial charge on any atom is 0.304 e. The van der Waals surface area contributed by atoms with E-state index in [0.717, 1.165) is 0 Å². The third-order valence-electron chi connectivity index (χ3n) is 2.06. The van der Waals surface area contributed by atoms with Crippen molar-refractivity contribution >= 4 is 18.2 Å². The first-order valence-corrected chi connectivity index (χ1v) is 6.59. The van der Waals surface area contributed by atoms with Crippen LogP contribution in [-0.4, -0.2) is 65.2 Å². The molecule has 8 nitrogen and oxygen atoms in total. The van der Waals surface area contributed by atoms with Crippen LogP contribution in [0, 0.1) is 0 Å². The van der Waals surface area contributed by atoms with Crippen molar-refractivity contribution in [3.8, 4) is 0 Å². The lowest BCUT2D eigenvalue weighted by atomic mass is 10.1. The Hall–Kier alpha value is -1.51. The van der Waals surface area contributed by atoms with Crippen molar-refractivity contribution in [2.75, 3.05) is 28.4 Å². The summed E-state index contributed by atoms with van der Waals surface area (Å²) < 4.78 is 23.4. The average molecular weight is 322 g/mol. The summed E-state index contributed by atoms with van der Waals surface area (Å²) in [7, 11) is 6.50. The van der Waals surface area contributed by atoms with Gasteiger partial charge in [-0.15, -0.1) is 0 Å². The number of rotatable bonds is 3. The van der Waals surface area contributed by atoms with Gasteiger partial charge in [0.1, 0.15) is 18.5 Å². The molecule has 0 aliphatic carbocycles. The van der Waals surface area contributed by atoms with Gasteiger partial charge >= 0.3 is 11.9 Å². The second-order valence-electron chi connectivity index (χ2n) is 4.37. The highest BCUT2D eigenvalue weighted by atomic mass is 16.7. The van der Waals surface area contributed by atoms with E-state index in [1.165, 1.54) is 13.8 Å². The van der Waals surface area contributed by atoms with Crippen LogP contribution in [-0.2, 0) is 38.1 Å². The Labute approximate surface area is 131 Å². The number of methoxy groups -OCH3 is 2. The molecule has 8 heteroatoms. The fourth-order valence-electron chi connectivity index (χ4n) is 1.56. The second-order valence-corrected chi connectivity index (χ2v) is 4.37. The Bertz CT molecular complexity index is 292. The smallest absolute Gasteiger partial charge is 0.304 e. The quantitative estimate of drug-likeness (QED) is 0.553. The molecule has 3 unspecified atom stereocenters. The summed E-state index contributed by atoms with van der Waals surface area (Å²) >= 11 is 0. The van der Waals surface area contributed by atoms with Crippen molar-refractivity contribution in [1.29, 1.82) is 0 Å². The van der Waals surface area contributed by atoms with E-state index in [-0.39, 0.29) is 6.42 Å². The first-order valence-electron chi connectivity index (χ1n) is 6.59. The first-order chi connectivity index (χ1) is 10.3. The summed E-state index contributed by atoms with van der Waals surface area (Å²) in [5.74, 6) is -0.934. The van der Waals surface area contributed by atoms with Crippen LogP contribution in [0.25, 0.3) is 0 Å². The molecule has 1 fully saturated rings. The molecular weight excluding hydrogens is 296 g/mol. The van der Waals surface area contributed by atoms with E-state index >= 15 is 0 Å². The van der Waals surface area contributed by atoms with Gasteiger partial charge in [0.05, 0.1) is 0 Å². The Morgan fingerprint density at radius 3 is 1.77 bits per heavy atom. The van der Waals surface area contributed by atoms with Crippen molar-refractivity contribution < 1.29 is 38.1 Å². The van der Waals surface area contributed by atoms with E-state index < -0.39 is 30.4 Å². The highest BCUT2D eigenvalue weighted by molar-refractivity contribution is 5.67. The van der Waals surface area contributed by atoms with E-state index in [2.05, 4.69) is 9.47 Å². The molecule has 130 valence electrons. The van der Waals surface area contributed by atoms with Crippen LogP contribution in [0.1, 0.15) is 26.7 Å². The van der Waals surface area contributed by atoms with Gasteiger partial charge in [-0.1, -0.05) is 0 Å². The summed E-state index contributed by atoms with van der Waals surface area (Å²) in [6, 6.07) is 0. The lowest BCUT2D eigenvalue weighted by molar-refractivity contribution is -0.215. The van der Waals surface area contributed by atoms with Gasteiger partial charge in [0.2, 0.25) is 6.29 Å². The molecule has 1 aliphatic heterocycles. The van der Waals surface area contributed by atoms with Crippen LogP contribution in [0.3, 0.4) is 0 Å². The topological polar surface area (TPSA) is 97.4 Å². The number of esters is 2. The monoisotopic (exact) mass is 322 g/mol. The number of carbonyl (C=O) groups excluding carboxylic acids is 3. The van der Waals surface area contributed by atoms with E-state index in [9.17, 15) is 14.4 Å². The predicted octanol–water partition coefficient (Wildman–Crippen LogP) is 0.710. The van der Waals surface area contributed by atoms with Crippen molar-refractivity contribution in [2.24, 2.45) is 0 Å². The molecular formula is C14H26O8. The van der Waals surface area contributed by atoms with E-state index in [4.69, 9.17) is 14.2 Å². The second kappa shape index (κ2) is 14.4. The zero-order valence-electron chi connectivity index (χ0n) is 14.0. The molecule has 1 saturated heterocycles. The Kier molecular flexibility index (Phi) is 14.9. The molecule has 0 bridgehead atoms. The molecule has 0 spiro atoms. The molecule has 0 saturated carbocycles. The number of aldehydes is 1. The van der Waals surface area contributed by atoms with E-state index in [0.29, 0.717) is 12.7 Å². The van der Waals surface area contributed by atoms with Crippen LogP contribution in [0.5, 0.6) is 0 Å². The molecule has 22 heavy (non-hydrogen) atoms. The number of hydrogen-bond acceptors (Lipinski definition) is 8. The van der Waals surface area contributed by atoms with Gasteiger partial charge in [0.25, 0.3) is 0 Å². The average Bonchev–Trinajstić information content (AvgIpc) is 2.38. The molecule has 0 radical (unpaired) electrons. The fourth-order valence-corrected chi connectivity index (χ4v) is 1.56. The van der Waals surface area contributed by atoms with Gasteiger partial charge in [-0.25, -0.2) is 0 Å². The Morgan fingerprint density at radius 2 is 1.41 bits per heavy atom. The van der Waals surface area contributed by atoms with Crippen molar-refractivity contribution in [2.45, 2.75) is 45.2 Å². The van der Waals surface area contributed by atoms with Crippen molar-refractivity contribution in [3.05, 3.63) is 0 Å². The van der Waals surface area contributed by atoms with Crippen molar-refractivity contribution in [3.63, 3.8) is 0 Å². The molecule has 1 aliphatic rings.